The Balaban J connectivity index is 1.62. The third kappa shape index (κ3) is 2.82. The minimum atomic E-state index is -0.132. The van der Waals surface area contributed by atoms with Crippen LogP contribution in [0.1, 0.15) is 38.9 Å². The molecular weight excluding hydrogens is 240 g/mol. The summed E-state index contributed by atoms with van der Waals surface area (Å²) in [5, 5.41) is 18.3. The van der Waals surface area contributed by atoms with Crippen LogP contribution >= 0.6 is 0 Å². The van der Waals surface area contributed by atoms with Gasteiger partial charge >= 0.3 is 0 Å². The second-order valence-corrected chi connectivity index (χ2v) is 6.91. The Morgan fingerprint density at radius 1 is 1.42 bits per heavy atom. The van der Waals surface area contributed by atoms with Crippen LogP contribution in [0.3, 0.4) is 0 Å². The second-order valence-electron chi connectivity index (χ2n) is 6.91. The molecular formula is C14H24N4O. The van der Waals surface area contributed by atoms with Gasteiger partial charge in [0.15, 0.2) is 0 Å². The molecule has 1 saturated carbocycles. The van der Waals surface area contributed by atoms with E-state index < -0.39 is 0 Å². The molecule has 0 saturated heterocycles. The Morgan fingerprint density at radius 3 is 3.11 bits per heavy atom. The summed E-state index contributed by atoms with van der Waals surface area (Å²) in [6.07, 6.45) is 4.89. The summed E-state index contributed by atoms with van der Waals surface area (Å²) in [6.45, 7) is 8.49. The van der Waals surface area contributed by atoms with Crippen LogP contribution in [-0.4, -0.2) is 44.0 Å². The Labute approximate surface area is 114 Å². The zero-order valence-corrected chi connectivity index (χ0v) is 11.9. The van der Waals surface area contributed by atoms with Crippen molar-refractivity contribution >= 4 is 0 Å². The van der Waals surface area contributed by atoms with E-state index in [1.807, 2.05) is 6.33 Å². The molecule has 1 fully saturated rings. The van der Waals surface area contributed by atoms with Gasteiger partial charge in [-0.1, -0.05) is 13.8 Å². The van der Waals surface area contributed by atoms with E-state index in [1.54, 1.807) is 0 Å². The topological polar surface area (TPSA) is 54.2 Å². The average Bonchev–Trinajstić information content (AvgIpc) is 2.81. The summed E-state index contributed by atoms with van der Waals surface area (Å²) in [7, 11) is 0. The van der Waals surface area contributed by atoms with Gasteiger partial charge in [0.2, 0.25) is 0 Å². The van der Waals surface area contributed by atoms with E-state index >= 15 is 0 Å². The number of hydrogen-bond acceptors (Lipinski definition) is 4. The highest BCUT2D eigenvalue weighted by Crippen LogP contribution is 2.39. The summed E-state index contributed by atoms with van der Waals surface area (Å²) >= 11 is 0. The van der Waals surface area contributed by atoms with Crippen LogP contribution in [0, 0.1) is 11.3 Å². The van der Waals surface area contributed by atoms with E-state index in [1.165, 1.54) is 0 Å². The van der Waals surface area contributed by atoms with Crippen molar-refractivity contribution in [2.24, 2.45) is 11.3 Å². The van der Waals surface area contributed by atoms with Crippen molar-refractivity contribution in [1.82, 2.24) is 19.7 Å². The second kappa shape index (κ2) is 4.87. The van der Waals surface area contributed by atoms with Gasteiger partial charge in [0.05, 0.1) is 12.6 Å². The quantitative estimate of drug-likeness (QED) is 0.874. The fourth-order valence-electron chi connectivity index (χ4n) is 3.51. The number of aromatic nitrogens is 3. The van der Waals surface area contributed by atoms with Crippen LogP contribution in [0.15, 0.2) is 6.33 Å². The molecule has 1 aliphatic heterocycles. The fraction of sp³-hybridized carbons (Fsp3) is 0.857. The first-order valence-corrected chi connectivity index (χ1v) is 7.31. The zero-order chi connectivity index (χ0) is 13.5. The maximum absolute atomic E-state index is 10.2. The van der Waals surface area contributed by atoms with Gasteiger partial charge in [-0.2, -0.15) is 0 Å². The first-order valence-electron chi connectivity index (χ1n) is 7.31. The normalized spacial score (nSPS) is 31.1. The summed E-state index contributed by atoms with van der Waals surface area (Å²) in [4.78, 5) is 2.42. The van der Waals surface area contributed by atoms with Crippen molar-refractivity contribution < 1.29 is 5.11 Å². The molecule has 1 aliphatic carbocycles. The maximum atomic E-state index is 10.2. The van der Waals surface area contributed by atoms with Gasteiger partial charge < -0.3 is 9.67 Å². The SMILES string of the molecule is CC1(C)CCC(O)C(CN2CCn3cnnc3C2)C1. The molecule has 1 aromatic rings. The molecule has 1 N–H and O–H groups in total. The Morgan fingerprint density at radius 2 is 2.26 bits per heavy atom. The van der Waals surface area contributed by atoms with Crippen molar-refractivity contribution in [2.45, 2.75) is 52.3 Å². The first-order chi connectivity index (χ1) is 9.03. The minimum Gasteiger partial charge on any atom is -0.393 e. The van der Waals surface area contributed by atoms with Crippen molar-refractivity contribution in [3.63, 3.8) is 0 Å². The fourth-order valence-corrected chi connectivity index (χ4v) is 3.51. The maximum Gasteiger partial charge on any atom is 0.147 e. The molecule has 106 valence electrons. The highest BCUT2D eigenvalue weighted by molar-refractivity contribution is 4.92. The number of rotatable bonds is 2. The van der Waals surface area contributed by atoms with Crippen LogP contribution in [0.2, 0.25) is 0 Å². The van der Waals surface area contributed by atoms with Crippen LogP contribution in [0.5, 0.6) is 0 Å². The molecule has 3 rings (SSSR count). The lowest BCUT2D eigenvalue weighted by Gasteiger charge is -2.41. The summed E-state index contributed by atoms with van der Waals surface area (Å²) in [5.41, 5.74) is 0.375. The van der Waals surface area contributed by atoms with Gasteiger partial charge in [-0.25, -0.2) is 0 Å². The lowest BCUT2D eigenvalue weighted by molar-refractivity contribution is 0.0000707. The first kappa shape index (κ1) is 13.1. The van der Waals surface area contributed by atoms with Crippen molar-refractivity contribution in [1.29, 1.82) is 0 Å². The third-order valence-corrected chi connectivity index (χ3v) is 4.69. The monoisotopic (exact) mass is 264 g/mol. The molecule has 19 heavy (non-hydrogen) atoms. The summed E-state index contributed by atoms with van der Waals surface area (Å²) in [6, 6.07) is 0. The van der Waals surface area contributed by atoms with Gasteiger partial charge in [0.1, 0.15) is 12.2 Å². The van der Waals surface area contributed by atoms with Crippen molar-refractivity contribution in [3.05, 3.63) is 12.2 Å². The zero-order valence-electron chi connectivity index (χ0n) is 11.9. The molecule has 5 nitrogen and oxygen atoms in total. The molecule has 0 aromatic carbocycles. The highest BCUT2D eigenvalue weighted by atomic mass is 16.3. The molecule has 0 spiro atoms. The van der Waals surface area contributed by atoms with Crippen LogP contribution in [0.4, 0.5) is 0 Å². The Hall–Kier alpha value is -0.940. The predicted molar refractivity (Wildman–Crippen MR) is 72.4 cm³/mol. The number of aliphatic hydroxyl groups is 1. The average molecular weight is 264 g/mol. The molecule has 2 atom stereocenters. The number of aliphatic hydroxyl groups excluding tert-OH is 1. The van der Waals surface area contributed by atoms with E-state index in [4.69, 9.17) is 0 Å². The van der Waals surface area contributed by atoms with E-state index in [0.717, 1.165) is 51.3 Å². The third-order valence-electron chi connectivity index (χ3n) is 4.69. The van der Waals surface area contributed by atoms with Gasteiger partial charge in [0.25, 0.3) is 0 Å². The lowest BCUT2D eigenvalue weighted by Crippen LogP contribution is -2.43. The predicted octanol–water partition coefficient (Wildman–Crippen LogP) is 1.28. The largest absolute Gasteiger partial charge is 0.393 e. The molecule has 0 amide bonds. The van der Waals surface area contributed by atoms with Gasteiger partial charge in [-0.05, 0) is 30.6 Å². The van der Waals surface area contributed by atoms with Crippen molar-refractivity contribution in [2.75, 3.05) is 13.1 Å². The molecule has 5 heteroatoms. The minimum absolute atomic E-state index is 0.132. The Kier molecular flexibility index (Phi) is 3.35. The number of nitrogens with zero attached hydrogens (tertiary/aromatic N) is 4. The highest BCUT2D eigenvalue weighted by Gasteiger charge is 2.35. The van der Waals surface area contributed by atoms with Gasteiger partial charge in [0, 0.05) is 19.6 Å². The summed E-state index contributed by atoms with van der Waals surface area (Å²) < 4.78 is 2.12. The van der Waals surface area contributed by atoms with E-state index in [0.29, 0.717) is 11.3 Å². The smallest absolute Gasteiger partial charge is 0.147 e. The lowest BCUT2D eigenvalue weighted by atomic mass is 9.70. The van der Waals surface area contributed by atoms with Gasteiger partial charge in [-0.3, -0.25) is 4.90 Å². The van der Waals surface area contributed by atoms with Crippen LogP contribution in [-0.2, 0) is 13.1 Å². The molecule has 2 aliphatic rings. The molecule has 2 heterocycles. The molecule has 2 unspecified atom stereocenters. The van der Waals surface area contributed by atoms with Gasteiger partial charge in [-0.15, -0.1) is 10.2 Å². The van der Waals surface area contributed by atoms with Crippen LogP contribution < -0.4 is 0 Å². The standard InChI is InChI=1S/C14H24N4O/c1-14(2)4-3-12(19)11(7-14)8-17-5-6-18-10-15-16-13(18)9-17/h10-12,19H,3-9H2,1-2H3. The van der Waals surface area contributed by atoms with E-state index in [9.17, 15) is 5.11 Å². The number of hydrogen-bond donors (Lipinski definition) is 1. The Bertz CT molecular complexity index is 442. The van der Waals surface area contributed by atoms with E-state index in [-0.39, 0.29) is 6.10 Å². The molecule has 0 bridgehead atoms. The number of fused-ring (bicyclic) bond motifs is 1. The van der Waals surface area contributed by atoms with E-state index in [2.05, 4.69) is 33.5 Å². The van der Waals surface area contributed by atoms with Crippen molar-refractivity contribution in [3.8, 4) is 0 Å². The summed E-state index contributed by atoms with van der Waals surface area (Å²) in [5.74, 6) is 1.45. The molecule has 1 aromatic heterocycles. The van der Waals surface area contributed by atoms with Crippen LogP contribution in [0.25, 0.3) is 0 Å². The molecule has 0 radical (unpaired) electrons.